The molecular formula is C24H30ClNO4S. The lowest BCUT2D eigenvalue weighted by atomic mass is 10.1. The third kappa shape index (κ3) is 6.97. The zero-order valence-electron chi connectivity index (χ0n) is 17.9. The molecule has 0 bridgehead atoms. The molecule has 5 nitrogen and oxygen atoms in total. The summed E-state index contributed by atoms with van der Waals surface area (Å²) in [5.74, 6) is 0.685. The summed E-state index contributed by atoms with van der Waals surface area (Å²) in [5, 5.41) is 0.621. The largest absolute Gasteiger partial charge is 0.494 e. The van der Waals surface area contributed by atoms with Crippen LogP contribution >= 0.6 is 11.6 Å². The van der Waals surface area contributed by atoms with E-state index in [0.717, 1.165) is 24.2 Å². The van der Waals surface area contributed by atoms with Gasteiger partial charge in [0, 0.05) is 23.2 Å². The van der Waals surface area contributed by atoms with Crippen LogP contribution in [0.2, 0.25) is 5.02 Å². The molecule has 0 saturated carbocycles. The molecule has 31 heavy (non-hydrogen) atoms. The van der Waals surface area contributed by atoms with Crippen molar-refractivity contribution in [3.63, 3.8) is 0 Å². The maximum atomic E-state index is 13.3. The van der Waals surface area contributed by atoms with Gasteiger partial charge < -0.3 is 9.64 Å². The first kappa shape index (κ1) is 23.6. The lowest BCUT2D eigenvalue weighted by Crippen LogP contribution is -2.40. The van der Waals surface area contributed by atoms with Gasteiger partial charge in [0.25, 0.3) is 5.91 Å². The second-order valence-corrected chi connectivity index (χ2v) is 10.7. The Hall–Kier alpha value is -2.05. The number of sulfone groups is 1. The van der Waals surface area contributed by atoms with E-state index >= 15 is 0 Å². The Morgan fingerprint density at radius 3 is 2.39 bits per heavy atom. The molecule has 7 heteroatoms. The highest BCUT2D eigenvalue weighted by atomic mass is 35.5. The first-order chi connectivity index (χ1) is 14.9. The quantitative estimate of drug-likeness (QED) is 0.458. The van der Waals surface area contributed by atoms with E-state index in [0.29, 0.717) is 30.2 Å². The summed E-state index contributed by atoms with van der Waals surface area (Å²) in [6.07, 6.45) is 5.01. The molecule has 1 fully saturated rings. The average molecular weight is 464 g/mol. The number of hydrogen-bond donors (Lipinski definition) is 0. The molecule has 1 atom stereocenters. The minimum Gasteiger partial charge on any atom is -0.494 e. The van der Waals surface area contributed by atoms with Crippen molar-refractivity contribution in [2.75, 3.05) is 18.1 Å². The summed E-state index contributed by atoms with van der Waals surface area (Å²) >= 11 is 5.98. The molecule has 1 aliphatic heterocycles. The molecule has 0 N–H and O–H groups in total. The highest BCUT2D eigenvalue weighted by molar-refractivity contribution is 7.91. The summed E-state index contributed by atoms with van der Waals surface area (Å²) in [4.78, 5) is 15.0. The number of halogens is 1. The highest BCUT2D eigenvalue weighted by Crippen LogP contribution is 2.24. The zero-order valence-corrected chi connectivity index (χ0v) is 19.5. The number of amides is 1. The first-order valence-electron chi connectivity index (χ1n) is 10.9. The summed E-state index contributed by atoms with van der Waals surface area (Å²) in [6, 6.07) is 14.1. The Morgan fingerprint density at radius 2 is 1.77 bits per heavy atom. The predicted octanol–water partition coefficient (Wildman–Crippen LogP) is 5.13. The van der Waals surface area contributed by atoms with Gasteiger partial charge in [-0.2, -0.15) is 0 Å². The van der Waals surface area contributed by atoms with E-state index in [2.05, 4.69) is 6.92 Å². The second-order valence-electron chi connectivity index (χ2n) is 8.05. The molecule has 1 heterocycles. The van der Waals surface area contributed by atoms with Crippen molar-refractivity contribution >= 4 is 27.3 Å². The maximum absolute atomic E-state index is 13.3. The van der Waals surface area contributed by atoms with Gasteiger partial charge in [-0.25, -0.2) is 8.42 Å². The molecule has 2 aromatic carbocycles. The summed E-state index contributed by atoms with van der Waals surface area (Å²) in [7, 11) is -3.11. The first-order valence-corrected chi connectivity index (χ1v) is 13.1. The Balaban J connectivity index is 1.70. The molecule has 1 aliphatic rings. The number of carbonyl (C=O) groups is 1. The maximum Gasteiger partial charge on any atom is 0.254 e. The van der Waals surface area contributed by atoms with E-state index in [1.807, 2.05) is 12.1 Å². The molecule has 168 valence electrons. The topological polar surface area (TPSA) is 63.7 Å². The van der Waals surface area contributed by atoms with Gasteiger partial charge in [-0.05, 0) is 54.8 Å². The Morgan fingerprint density at radius 1 is 1.06 bits per heavy atom. The van der Waals surface area contributed by atoms with E-state index < -0.39 is 9.84 Å². The second kappa shape index (κ2) is 11.0. The number of nitrogens with zero attached hydrogens (tertiary/aromatic N) is 1. The van der Waals surface area contributed by atoms with Crippen LogP contribution in [0.15, 0.2) is 48.5 Å². The molecule has 0 aromatic heterocycles. The van der Waals surface area contributed by atoms with Gasteiger partial charge >= 0.3 is 0 Å². The third-order valence-electron chi connectivity index (χ3n) is 5.54. The van der Waals surface area contributed by atoms with Gasteiger partial charge in [0.15, 0.2) is 9.84 Å². The standard InChI is InChI=1S/C24H30ClNO4S/c1-2-3-4-5-15-30-23-12-8-20(9-13-23)24(27)26(22-14-16-31(28,29)18-22)17-19-6-10-21(25)11-7-19/h6-13,22H,2-5,14-18H2,1H3/t22-/m0/s1. The normalized spacial score (nSPS) is 17.4. The average Bonchev–Trinajstić information content (AvgIpc) is 3.12. The number of ether oxygens (including phenoxy) is 1. The zero-order chi connectivity index (χ0) is 22.3. The monoisotopic (exact) mass is 463 g/mol. The minimum absolute atomic E-state index is 0.00524. The van der Waals surface area contributed by atoms with E-state index in [9.17, 15) is 13.2 Å². The molecule has 1 amide bonds. The van der Waals surface area contributed by atoms with Gasteiger partial charge in [-0.1, -0.05) is 49.9 Å². The van der Waals surface area contributed by atoms with Crippen LogP contribution in [0.3, 0.4) is 0 Å². The number of benzene rings is 2. The van der Waals surface area contributed by atoms with Crippen LogP contribution in [-0.2, 0) is 16.4 Å². The molecule has 0 unspecified atom stereocenters. The van der Waals surface area contributed by atoms with Crippen molar-refractivity contribution in [1.82, 2.24) is 4.90 Å². The van der Waals surface area contributed by atoms with Crippen LogP contribution in [0.1, 0.15) is 54.9 Å². The fourth-order valence-electron chi connectivity index (χ4n) is 3.75. The van der Waals surface area contributed by atoms with Crippen molar-refractivity contribution in [2.45, 2.75) is 51.6 Å². The lowest BCUT2D eigenvalue weighted by Gasteiger charge is -2.28. The van der Waals surface area contributed by atoms with Crippen LogP contribution in [0.25, 0.3) is 0 Å². The van der Waals surface area contributed by atoms with Gasteiger partial charge in [0.05, 0.1) is 18.1 Å². The molecule has 0 spiro atoms. The van der Waals surface area contributed by atoms with E-state index in [1.165, 1.54) is 12.8 Å². The Kier molecular flexibility index (Phi) is 8.38. The summed E-state index contributed by atoms with van der Waals surface area (Å²) < 4.78 is 29.8. The van der Waals surface area contributed by atoms with Gasteiger partial charge in [-0.3, -0.25) is 4.79 Å². The van der Waals surface area contributed by atoms with Crippen LogP contribution in [0.5, 0.6) is 5.75 Å². The molecular weight excluding hydrogens is 434 g/mol. The minimum atomic E-state index is -3.11. The predicted molar refractivity (Wildman–Crippen MR) is 124 cm³/mol. The van der Waals surface area contributed by atoms with E-state index in [-0.39, 0.29) is 23.5 Å². The molecule has 2 aromatic rings. The third-order valence-corrected chi connectivity index (χ3v) is 7.55. The fourth-order valence-corrected chi connectivity index (χ4v) is 5.61. The van der Waals surface area contributed by atoms with Crippen LogP contribution in [0.4, 0.5) is 0 Å². The lowest BCUT2D eigenvalue weighted by molar-refractivity contribution is 0.0681. The van der Waals surface area contributed by atoms with Crippen LogP contribution in [-0.4, -0.2) is 43.4 Å². The summed E-state index contributed by atoms with van der Waals surface area (Å²) in [5.41, 5.74) is 1.44. The van der Waals surface area contributed by atoms with Gasteiger partial charge in [0.2, 0.25) is 0 Å². The number of hydrogen-bond acceptors (Lipinski definition) is 4. The SMILES string of the molecule is CCCCCCOc1ccc(C(=O)N(Cc2ccc(Cl)cc2)[C@H]2CCS(=O)(=O)C2)cc1. The Labute approximate surface area is 190 Å². The fraction of sp³-hybridized carbons (Fsp3) is 0.458. The van der Waals surface area contributed by atoms with Gasteiger partial charge in [0.1, 0.15) is 5.75 Å². The number of carbonyl (C=O) groups excluding carboxylic acids is 1. The number of unbranched alkanes of at least 4 members (excludes halogenated alkanes) is 3. The molecule has 3 rings (SSSR count). The van der Waals surface area contributed by atoms with E-state index in [4.69, 9.17) is 16.3 Å². The van der Waals surface area contributed by atoms with E-state index in [1.54, 1.807) is 41.3 Å². The number of rotatable bonds is 10. The van der Waals surface area contributed by atoms with Gasteiger partial charge in [-0.15, -0.1) is 0 Å². The van der Waals surface area contributed by atoms with Crippen LogP contribution in [0, 0.1) is 0 Å². The van der Waals surface area contributed by atoms with Crippen molar-refractivity contribution in [2.24, 2.45) is 0 Å². The van der Waals surface area contributed by atoms with Crippen molar-refractivity contribution in [3.05, 3.63) is 64.7 Å². The highest BCUT2D eigenvalue weighted by Gasteiger charge is 2.35. The Bertz CT molecular complexity index is 958. The summed E-state index contributed by atoms with van der Waals surface area (Å²) in [6.45, 7) is 3.18. The molecule has 0 radical (unpaired) electrons. The molecule has 0 aliphatic carbocycles. The van der Waals surface area contributed by atoms with Crippen molar-refractivity contribution in [3.8, 4) is 5.75 Å². The molecule has 1 saturated heterocycles. The smallest absolute Gasteiger partial charge is 0.254 e. The van der Waals surface area contributed by atoms with Crippen molar-refractivity contribution in [1.29, 1.82) is 0 Å². The van der Waals surface area contributed by atoms with Crippen LogP contribution < -0.4 is 4.74 Å². The van der Waals surface area contributed by atoms with Crippen molar-refractivity contribution < 1.29 is 17.9 Å².